The van der Waals surface area contributed by atoms with Gasteiger partial charge in [0.25, 0.3) is 5.91 Å². The van der Waals surface area contributed by atoms with Gasteiger partial charge in [-0.1, -0.05) is 11.6 Å². The van der Waals surface area contributed by atoms with E-state index in [0.29, 0.717) is 30.2 Å². The number of hydrogen-bond acceptors (Lipinski definition) is 3. The number of carbonyl (C=O) groups excluding carboxylic acids is 1. The summed E-state index contributed by atoms with van der Waals surface area (Å²) < 4.78 is 5.52. The first-order chi connectivity index (χ1) is 10.6. The van der Waals surface area contributed by atoms with Gasteiger partial charge >= 0.3 is 0 Å². The molecule has 1 aromatic carbocycles. The number of amides is 1. The Kier molecular flexibility index (Phi) is 4.71. The predicted molar refractivity (Wildman–Crippen MR) is 85.2 cm³/mol. The normalized spacial score (nSPS) is 28.9. The molecule has 1 N–H and O–H groups in total. The van der Waals surface area contributed by atoms with Gasteiger partial charge in [-0.25, -0.2) is 0 Å². The Morgan fingerprint density at radius 3 is 2.95 bits per heavy atom. The van der Waals surface area contributed by atoms with E-state index in [1.54, 1.807) is 12.1 Å². The number of aliphatic hydroxyl groups excluding tert-OH is 1. The second-order valence-corrected chi connectivity index (χ2v) is 6.70. The first kappa shape index (κ1) is 15.8. The minimum atomic E-state index is -0.376. The quantitative estimate of drug-likeness (QED) is 0.910. The summed E-state index contributed by atoms with van der Waals surface area (Å²) in [7, 11) is 0. The molecule has 4 nitrogen and oxygen atoms in total. The SMILES string of the molecule is Cc1cc(Cl)ccc1C(=O)N1CCC[C@@H]1[C@@H]1COCC[C@H]1O. The van der Waals surface area contributed by atoms with Crippen molar-refractivity contribution in [2.75, 3.05) is 19.8 Å². The third kappa shape index (κ3) is 3.00. The number of carbonyl (C=O) groups is 1. The fourth-order valence-electron chi connectivity index (χ4n) is 3.63. The van der Waals surface area contributed by atoms with Crippen LogP contribution in [0.5, 0.6) is 0 Å². The molecule has 0 spiro atoms. The zero-order valence-electron chi connectivity index (χ0n) is 12.8. The van der Waals surface area contributed by atoms with Gasteiger partial charge in [-0.3, -0.25) is 4.79 Å². The van der Waals surface area contributed by atoms with E-state index in [-0.39, 0.29) is 24.0 Å². The number of rotatable bonds is 2. The number of ether oxygens (including phenoxy) is 1. The lowest BCUT2D eigenvalue weighted by Crippen LogP contribution is -2.48. The number of halogens is 1. The highest BCUT2D eigenvalue weighted by atomic mass is 35.5. The fourth-order valence-corrected chi connectivity index (χ4v) is 3.85. The number of hydrogen-bond donors (Lipinski definition) is 1. The maximum Gasteiger partial charge on any atom is 0.254 e. The van der Waals surface area contributed by atoms with Crippen molar-refractivity contribution in [2.24, 2.45) is 5.92 Å². The van der Waals surface area contributed by atoms with Crippen molar-refractivity contribution in [3.8, 4) is 0 Å². The highest BCUT2D eigenvalue weighted by Crippen LogP contribution is 2.31. The van der Waals surface area contributed by atoms with Gasteiger partial charge < -0.3 is 14.7 Å². The molecule has 0 aliphatic carbocycles. The molecule has 0 aromatic heterocycles. The van der Waals surface area contributed by atoms with Crippen molar-refractivity contribution in [3.05, 3.63) is 34.3 Å². The average Bonchev–Trinajstić information content (AvgIpc) is 2.96. The van der Waals surface area contributed by atoms with E-state index in [1.165, 1.54) is 0 Å². The molecular weight excluding hydrogens is 302 g/mol. The number of aliphatic hydroxyl groups is 1. The first-order valence-corrected chi connectivity index (χ1v) is 8.28. The molecule has 1 aromatic rings. The van der Waals surface area contributed by atoms with E-state index in [9.17, 15) is 9.90 Å². The topological polar surface area (TPSA) is 49.8 Å². The summed E-state index contributed by atoms with van der Waals surface area (Å²) in [5, 5.41) is 10.9. The Morgan fingerprint density at radius 1 is 1.41 bits per heavy atom. The molecule has 2 aliphatic heterocycles. The standard InChI is InChI=1S/C17H22ClNO3/c1-11-9-12(18)4-5-13(11)17(21)19-7-2-3-15(19)14-10-22-8-6-16(14)20/h4-5,9,14-16,20H,2-3,6-8,10H2,1H3/t14-,15+,16+/m0/s1. The van der Waals surface area contributed by atoms with Gasteiger partial charge in [-0.05, 0) is 49.9 Å². The Labute approximate surface area is 136 Å². The third-order valence-corrected chi connectivity index (χ3v) is 5.07. The van der Waals surface area contributed by atoms with E-state index < -0.39 is 0 Å². The van der Waals surface area contributed by atoms with Crippen molar-refractivity contribution in [3.63, 3.8) is 0 Å². The lowest BCUT2D eigenvalue weighted by Gasteiger charge is -2.37. The van der Waals surface area contributed by atoms with Crippen molar-refractivity contribution in [2.45, 2.75) is 38.3 Å². The molecule has 22 heavy (non-hydrogen) atoms. The van der Waals surface area contributed by atoms with Gasteiger partial charge in [0.15, 0.2) is 0 Å². The van der Waals surface area contributed by atoms with Gasteiger partial charge in [0.2, 0.25) is 0 Å². The third-order valence-electron chi connectivity index (χ3n) is 4.84. The molecule has 2 heterocycles. The van der Waals surface area contributed by atoms with Crippen LogP contribution in [-0.2, 0) is 4.74 Å². The molecule has 2 saturated heterocycles. The van der Waals surface area contributed by atoms with Crippen molar-refractivity contribution >= 4 is 17.5 Å². The minimum absolute atomic E-state index is 0.0211. The minimum Gasteiger partial charge on any atom is -0.393 e. The van der Waals surface area contributed by atoms with E-state index in [1.807, 2.05) is 17.9 Å². The summed E-state index contributed by atoms with van der Waals surface area (Å²) >= 11 is 5.98. The molecular formula is C17H22ClNO3. The lowest BCUT2D eigenvalue weighted by molar-refractivity contribution is -0.0589. The van der Waals surface area contributed by atoms with Crippen molar-refractivity contribution < 1.29 is 14.6 Å². The van der Waals surface area contributed by atoms with Crippen LogP contribution < -0.4 is 0 Å². The molecule has 5 heteroatoms. The number of nitrogens with zero attached hydrogens (tertiary/aromatic N) is 1. The van der Waals surface area contributed by atoms with Crippen molar-refractivity contribution in [1.29, 1.82) is 0 Å². The number of likely N-dealkylation sites (tertiary alicyclic amines) is 1. The van der Waals surface area contributed by atoms with E-state index in [0.717, 1.165) is 24.9 Å². The largest absolute Gasteiger partial charge is 0.393 e. The zero-order chi connectivity index (χ0) is 15.7. The fraction of sp³-hybridized carbons (Fsp3) is 0.588. The summed E-state index contributed by atoms with van der Waals surface area (Å²) in [5.41, 5.74) is 1.59. The van der Waals surface area contributed by atoms with Crippen LogP contribution in [0, 0.1) is 12.8 Å². The molecule has 0 radical (unpaired) electrons. The number of aryl methyl sites for hydroxylation is 1. The van der Waals surface area contributed by atoms with Crippen LogP contribution in [0.25, 0.3) is 0 Å². The van der Waals surface area contributed by atoms with Crippen molar-refractivity contribution in [1.82, 2.24) is 4.90 Å². The average molecular weight is 324 g/mol. The second-order valence-electron chi connectivity index (χ2n) is 6.26. The van der Waals surface area contributed by atoms with Crippen LogP contribution in [-0.4, -0.2) is 47.8 Å². The van der Waals surface area contributed by atoms with Gasteiger partial charge in [0.05, 0.1) is 12.7 Å². The highest BCUT2D eigenvalue weighted by molar-refractivity contribution is 6.30. The summed E-state index contributed by atoms with van der Waals surface area (Å²) in [6.45, 7) is 3.79. The summed E-state index contributed by atoms with van der Waals surface area (Å²) in [6.07, 6.45) is 2.19. The molecule has 0 unspecified atom stereocenters. The Hall–Kier alpha value is -1.10. The van der Waals surface area contributed by atoms with Crippen LogP contribution >= 0.6 is 11.6 Å². The monoisotopic (exact) mass is 323 g/mol. The second kappa shape index (κ2) is 6.57. The van der Waals surface area contributed by atoms with Crippen LogP contribution in [0.1, 0.15) is 35.2 Å². The zero-order valence-corrected chi connectivity index (χ0v) is 13.6. The molecule has 3 atom stereocenters. The summed E-state index contributed by atoms with van der Waals surface area (Å²) in [4.78, 5) is 14.8. The summed E-state index contributed by atoms with van der Waals surface area (Å²) in [6, 6.07) is 5.44. The van der Waals surface area contributed by atoms with Crippen LogP contribution in [0.3, 0.4) is 0 Å². The molecule has 120 valence electrons. The van der Waals surface area contributed by atoms with Crippen LogP contribution in [0.4, 0.5) is 0 Å². The van der Waals surface area contributed by atoms with Gasteiger partial charge in [0.1, 0.15) is 0 Å². The van der Waals surface area contributed by atoms with Crippen LogP contribution in [0.2, 0.25) is 5.02 Å². The molecule has 0 saturated carbocycles. The lowest BCUT2D eigenvalue weighted by atomic mass is 9.89. The van der Waals surface area contributed by atoms with Gasteiger partial charge in [-0.15, -0.1) is 0 Å². The highest BCUT2D eigenvalue weighted by Gasteiger charge is 2.40. The van der Waals surface area contributed by atoms with Gasteiger partial charge in [-0.2, -0.15) is 0 Å². The van der Waals surface area contributed by atoms with E-state index in [2.05, 4.69) is 0 Å². The maximum absolute atomic E-state index is 12.9. The molecule has 0 bridgehead atoms. The molecule has 2 aliphatic rings. The summed E-state index contributed by atoms with van der Waals surface area (Å²) in [5.74, 6) is 0.0576. The van der Waals surface area contributed by atoms with Crippen LogP contribution in [0.15, 0.2) is 18.2 Å². The Balaban J connectivity index is 1.81. The Morgan fingerprint density at radius 2 is 2.23 bits per heavy atom. The first-order valence-electron chi connectivity index (χ1n) is 7.91. The molecule has 2 fully saturated rings. The van der Waals surface area contributed by atoms with E-state index in [4.69, 9.17) is 16.3 Å². The smallest absolute Gasteiger partial charge is 0.254 e. The predicted octanol–water partition coefficient (Wildman–Crippen LogP) is 2.65. The van der Waals surface area contributed by atoms with Gasteiger partial charge in [0, 0.05) is 35.7 Å². The number of benzene rings is 1. The maximum atomic E-state index is 12.9. The Bertz CT molecular complexity index is 563. The molecule has 3 rings (SSSR count). The van der Waals surface area contributed by atoms with E-state index >= 15 is 0 Å². The molecule has 1 amide bonds.